The molecule has 0 aromatic rings. The Labute approximate surface area is 119 Å². The summed E-state index contributed by atoms with van der Waals surface area (Å²) in [6.07, 6.45) is 3.34. The average Bonchev–Trinajstić information content (AvgIpc) is 3.27. The van der Waals surface area contributed by atoms with Gasteiger partial charge in [-0.3, -0.25) is 9.59 Å². The minimum absolute atomic E-state index is 0.111. The molecule has 0 aromatic carbocycles. The topological polar surface area (TPSA) is 89.5 Å². The molecule has 0 aliphatic heterocycles. The molecule has 114 valence electrons. The Hall–Kier alpha value is -1.11. The van der Waals surface area contributed by atoms with Crippen LogP contribution in [0.1, 0.15) is 39.0 Å². The second kappa shape index (κ2) is 5.35. The molecule has 6 nitrogen and oxygen atoms in total. The molecule has 0 bridgehead atoms. The minimum Gasteiger partial charge on any atom is -0.469 e. The third-order valence-electron chi connectivity index (χ3n) is 4.04. The van der Waals surface area contributed by atoms with Crippen LogP contribution in [0, 0.1) is 5.41 Å². The fraction of sp³-hybridized carbons (Fsp3) is 0.846. The summed E-state index contributed by atoms with van der Waals surface area (Å²) >= 11 is 0. The van der Waals surface area contributed by atoms with E-state index in [1.165, 1.54) is 14.0 Å². The summed E-state index contributed by atoms with van der Waals surface area (Å²) in [5, 5.41) is 1.65. The summed E-state index contributed by atoms with van der Waals surface area (Å²) in [5.74, 6) is -0.942. The van der Waals surface area contributed by atoms with Crippen molar-refractivity contribution in [3.63, 3.8) is 0 Å². The van der Waals surface area contributed by atoms with Crippen LogP contribution in [0.25, 0.3) is 0 Å². The first-order valence-electron chi connectivity index (χ1n) is 6.87. The largest absolute Gasteiger partial charge is 0.469 e. The standard InChI is InChI=1S/C13H21NO5S/c1-9(12(16)14-10-3-4-10)20(17,18)8-13(5-6-13)7-11(15)19-2/h9-10H,3-8H2,1-2H3,(H,14,16). The van der Waals surface area contributed by atoms with Gasteiger partial charge in [0.2, 0.25) is 5.91 Å². The number of hydrogen-bond donors (Lipinski definition) is 1. The normalized spacial score (nSPS) is 21.9. The molecule has 0 radical (unpaired) electrons. The SMILES string of the molecule is COC(=O)CC1(CS(=O)(=O)C(C)C(=O)NC2CC2)CC1. The Morgan fingerprint density at radius 2 is 1.95 bits per heavy atom. The molecule has 1 N–H and O–H groups in total. The van der Waals surface area contributed by atoms with Crippen LogP contribution in [0.3, 0.4) is 0 Å². The first-order chi connectivity index (χ1) is 9.28. The van der Waals surface area contributed by atoms with Crippen LogP contribution in [-0.4, -0.2) is 44.4 Å². The van der Waals surface area contributed by atoms with Crippen LogP contribution < -0.4 is 5.32 Å². The van der Waals surface area contributed by atoms with Crippen molar-refractivity contribution in [1.29, 1.82) is 0 Å². The van der Waals surface area contributed by atoms with E-state index in [1.54, 1.807) is 0 Å². The van der Waals surface area contributed by atoms with E-state index in [4.69, 9.17) is 0 Å². The second-order valence-electron chi connectivity index (χ2n) is 5.99. The minimum atomic E-state index is -3.55. The zero-order valence-electron chi connectivity index (χ0n) is 11.8. The van der Waals surface area contributed by atoms with E-state index in [0.717, 1.165) is 12.8 Å². The highest BCUT2D eigenvalue weighted by Gasteiger charge is 2.49. The summed E-state index contributed by atoms with van der Waals surface area (Å²) in [6.45, 7) is 1.42. The number of ether oxygens (including phenoxy) is 1. The van der Waals surface area contributed by atoms with Gasteiger partial charge in [0.15, 0.2) is 9.84 Å². The molecule has 1 atom stereocenters. The number of hydrogen-bond acceptors (Lipinski definition) is 5. The van der Waals surface area contributed by atoms with Gasteiger partial charge in [-0.15, -0.1) is 0 Å². The molecule has 2 fully saturated rings. The van der Waals surface area contributed by atoms with Gasteiger partial charge in [0, 0.05) is 6.04 Å². The summed E-state index contributed by atoms with van der Waals surface area (Å²) < 4.78 is 29.2. The molecule has 2 rings (SSSR count). The Kier molecular flexibility index (Phi) is 4.09. The van der Waals surface area contributed by atoms with Gasteiger partial charge in [-0.25, -0.2) is 8.42 Å². The maximum absolute atomic E-state index is 12.3. The number of amides is 1. The number of rotatable bonds is 7. The van der Waals surface area contributed by atoms with Crippen LogP contribution in [0.4, 0.5) is 0 Å². The third kappa shape index (κ3) is 3.71. The average molecular weight is 303 g/mol. The highest BCUT2D eigenvalue weighted by atomic mass is 32.2. The van der Waals surface area contributed by atoms with Gasteiger partial charge < -0.3 is 10.1 Å². The van der Waals surface area contributed by atoms with E-state index >= 15 is 0 Å². The summed E-state index contributed by atoms with van der Waals surface area (Å²) in [5.41, 5.74) is -0.514. The van der Waals surface area contributed by atoms with E-state index in [9.17, 15) is 18.0 Å². The van der Waals surface area contributed by atoms with Crippen molar-refractivity contribution in [2.24, 2.45) is 5.41 Å². The molecule has 0 heterocycles. The van der Waals surface area contributed by atoms with Crippen molar-refractivity contribution in [3.05, 3.63) is 0 Å². The van der Waals surface area contributed by atoms with Gasteiger partial charge in [0.1, 0.15) is 5.25 Å². The Morgan fingerprint density at radius 1 is 1.35 bits per heavy atom. The molecular weight excluding hydrogens is 282 g/mol. The van der Waals surface area contributed by atoms with Gasteiger partial charge in [-0.1, -0.05) is 0 Å². The lowest BCUT2D eigenvalue weighted by Crippen LogP contribution is -2.41. The molecule has 2 saturated carbocycles. The first kappa shape index (κ1) is 15.3. The molecule has 20 heavy (non-hydrogen) atoms. The fourth-order valence-electron chi connectivity index (χ4n) is 2.19. The van der Waals surface area contributed by atoms with Crippen LogP contribution >= 0.6 is 0 Å². The van der Waals surface area contributed by atoms with Crippen molar-refractivity contribution < 1.29 is 22.7 Å². The lowest BCUT2D eigenvalue weighted by atomic mass is 10.1. The van der Waals surface area contributed by atoms with Crippen molar-refractivity contribution >= 4 is 21.7 Å². The van der Waals surface area contributed by atoms with Crippen LogP contribution in [0.2, 0.25) is 0 Å². The maximum Gasteiger partial charge on any atom is 0.306 e. The van der Waals surface area contributed by atoms with Gasteiger partial charge in [0.05, 0.1) is 19.3 Å². The van der Waals surface area contributed by atoms with Crippen molar-refractivity contribution in [2.45, 2.75) is 50.3 Å². The number of sulfone groups is 1. The molecule has 0 saturated heterocycles. The smallest absolute Gasteiger partial charge is 0.306 e. The number of carbonyl (C=O) groups excluding carboxylic acids is 2. The summed E-state index contributed by atoms with van der Waals surface area (Å²) in [4.78, 5) is 23.2. The number of nitrogens with one attached hydrogen (secondary N) is 1. The van der Waals surface area contributed by atoms with Gasteiger partial charge in [0.25, 0.3) is 0 Å². The molecule has 2 aliphatic rings. The number of carbonyl (C=O) groups is 2. The van der Waals surface area contributed by atoms with Gasteiger partial charge in [-0.05, 0) is 38.0 Å². The second-order valence-corrected chi connectivity index (χ2v) is 8.31. The van der Waals surface area contributed by atoms with E-state index in [-0.39, 0.29) is 18.2 Å². The van der Waals surface area contributed by atoms with Crippen LogP contribution in [0.15, 0.2) is 0 Å². The monoisotopic (exact) mass is 303 g/mol. The molecule has 0 aromatic heterocycles. The zero-order chi connectivity index (χ0) is 15.0. The van der Waals surface area contributed by atoms with E-state index in [0.29, 0.717) is 12.8 Å². The van der Waals surface area contributed by atoms with E-state index in [2.05, 4.69) is 10.1 Å². The third-order valence-corrected chi connectivity index (χ3v) is 6.35. The zero-order valence-corrected chi connectivity index (χ0v) is 12.7. The molecule has 7 heteroatoms. The lowest BCUT2D eigenvalue weighted by Gasteiger charge is -2.18. The lowest BCUT2D eigenvalue weighted by molar-refractivity contribution is -0.141. The Bertz CT molecular complexity index is 505. The van der Waals surface area contributed by atoms with E-state index < -0.39 is 32.4 Å². The molecule has 1 amide bonds. The summed E-state index contributed by atoms with van der Waals surface area (Å²) in [6, 6.07) is 0.144. The fourth-order valence-corrected chi connectivity index (χ4v) is 4.08. The van der Waals surface area contributed by atoms with Crippen LogP contribution in [-0.2, 0) is 24.2 Å². The van der Waals surface area contributed by atoms with Gasteiger partial charge >= 0.3 is 5.97 Å². The molecule has 2 aliphatic carbocycles. The first-order valence-corrected chi connectivity index (χ1v) is 8.58. The Balaban J connectivity index is 1.95. The van der Waals surface area contributed by atoms with Crippen LogP contribution in [0.5, 0.6) is 0 Å². The molecule has 0 spiro atoms. The predicted molar refractivity (Wildman–Crippen MR) is 72.7 cm³/mol. The molecular formula is C13H21NO5S. The highest BCUT2D eigenvalue weighted by molar-refractivity contribution is 7.92. The van der Waals surface area contributed by atoms with E-state index in [1.807, 2.05) is 0 Å². The van der Waals surface area contributed by atoms with Crippen molar-refractivity contribution in [2.75, 3.05) is 12.9 Å². The maximum atomic E-state index is 12.3. The highest BCUT2D eigenvalue weighted by Crippen LogP contribution is 2.50. The predicted octanol–water partition coefficient (Wildman–Crippen LogP) is 0.412. The summed E-state index contributed by atoms with van der Waals surface area (Å²) in [7, 11) is -2.26. The van der Waals surface area contributed by atoms with Crippen molar-refractivity contribution in [3.8, 4) is 0 Å². The van der Waals surface area contributed by atoms with Crippen molar-refractivity contribution in [1.82, 2.24) is 5.32 Å². The number of methoxy groups -OCH3 is 1. The Morgan fingerprint density at radius 3 is 2.40 bits per heavy atom. The number of esters is 1. The molecule has 1 unspecified atom stereocenters. The van der Waals surface area contributed by atoms with Gasteiger partial charge in [-0.2, -0.15) is 0 Å². The quantitative estimate of drug-likeness (QED) is 0.688.